The van der Waals surface area contributed by atoms with Crippen LogP contribution in [-0.2, 0) is 59.9 Å². The van der Waals surface area contributed by atoms with E-state index in [-0.39, 0.29) is 32.0 Å². The van der Waals surface area contributed by atoms with Crippen molar-refractivity contribution in [1.29, 1.82) is 0 Å². The Morgan fingerprint density at radius 3 is 1.85 bits per heavy atom. The molecule has 2 unspecified atom stereocenters. The summed E-state index contributed by atoms with van der Waals surface area (Å²) < 4.78 is 48.2. The molecule has 0 N–H and O–H groups in total. The van der Waals surface area contributed by atoms with Crippen LogP contribution in [0, 0.1) is 11.8 Å². The lowest BCUT2D eigenvalue weighted by atomic mass is 9.82. The van der Waals surface area contributed by atoms with Crippen molar-refractivity contribution in [2.45, 2.75) is 65.8 Å². The topological polar surface area (TPSA) is 124 Å². The van der Waals surface area contributed by atoms with Gasteiger partial charge >= 0.3 is 19.8 Å². The van der Waals surface area contributed by atoms with Gasteiger partial charge in [0.15, 0.2) is 6.29 Å². The lowest BCUT2D eigenvalue weighted by Gasteiger charge is -2.44. The van der Waals surface area contributed by atoms with E-state index in [1.807, 2.05) is 36.4 Å². The van der Waals surface area contributed by atoms with Crippen LogP contribution in [0.15, 0.2) is 60.7 Å². The van der Waals surface area contributed by atoms with Gasteiger partial charge in [-0.1, -0.05) is 67.6 Å². The van der Waals surface area contributed by atoms with E-state index in [9.17, 15) is 18.9 Å². The van der Waals surface area contributed by atoms with Crippen molar-refractivity contribution in [1.82, 2.24) is 0 Å². The lowest BCUT2D eigenvalue weighted by molar-refractivity contribution is -0.254. The van der Waals surface area contributed by atoms with E-state index in [1.54, 1.807) is 31.2 Å². The van der Waals surface area contributed by atoms with Crippen LogP contribution in [-0.4, -0.2) is 42.8 Å². The molecule has 10 nitrogen and oxygen atoms in total. The average molecular weight is 563 g/mol. The molecule has 1 saturated heterocycles. The molecule has 0 saturated carbocycles. The van der Waals surface area contributed by atoms with Gasteiger partial charge in [-0.25, -0.2) is 4.57 Å². The second kappa shape index (κ2) is 14.5. The predicted molar refractivity (Wildman–Crippen MR) is 140 cm³/mol. The zero-order chi connectivity index (χ0) is 28.4. The molecule has 11 heteroatoms. The van der Waals surface area contributed by atoms with Gasteiger partial charge in [0.2, 0.25) is 0 Å². The van der Waals surface area contributed by atoms with Crippen molar-refractivity contribution >= 4 is 25.5 Å². The highest BCUT2D eigenvalue weighted by Gasteiger charge is 2.50. The van der Waals surface area contributed by atoms with Crippen molar-refractivity contribution in [3.05, 3.63) is 71.8 Å². The number of hydrogen-bond acceptors (Lipinski definition) is 10. The van der Waals surface area contributed by atoms with Crippen molar-refractivity contribution in [3.63, 3.8) is 0 Å². The Labute approximate surface area is 228 Å². The zero-order valence-electron chi connectivity index (χ0n) is 22.5. The molecule has 5 atom stereocenters. The Morgan fingerprint density at radius 2 is 1.38 bits per heavy atom. The molecule has 1 fully saturated rings. The molecule has 1 heterocycles. The van der Waals surface area contributed by atoms with Crippen LogP contribution in [0.5, 0.6) is 0 Å². The van der Waals surface area contributed by atoms with Crippen LogP contribution in [0.2, 0.25) is 0 Å². The van der Waals surface area contributed by atoms with Gasteiger partial charge in [0.05, 0.1) is 19.1 Å². The van der Waals surface area contributed by atoms with Gasteiger partial charge in [0.1, 0.15) is 24.6 Å². The smallest absolute Gasteiger partial charge is 0.463 e. The van der Waals surface area contributed by atoms with Gasteiger partial charge in [-0.2, -0.15) is 0 Å². The van der Waals surface area contributed by atoms with E-state index in [0.29, 0.717) is 0 Å². The van der Waals surface area contributed by atoms with Crippen molar-refractivity contribution in [3.8, 4) is 0 Å². The summed E-state index contributed by atoms with van der Waals surface area (Å²) in [5.41, 5.74) is 1.46. The molecule has 1 aliphatic rings. The Bertz CT molecular complexity index is 1090. The van der Waals surface area contributed by atoms with E-state index < -0.39 is 50.1 Å². The first-order valence-corrected chi connectivity index (χ1v) is 14.1. The fraction of sp³-hybridized carbons (Fsp3) is 0.464. The molecule has 3 rings (SSSR count). The first-order chi connectivity index (χ1) is 18.6. The normalized spacial score (nSPS) is 23.1. The number of phosphoric ester groups is 1. The maximum atomic E-state index is 14.0. The molecule has 0 amide bonds. The van der Waals surface area contributed by atoms with Gasteiger partial charge in [-0.3, -0.25) is 23.2 Å². The highest BCUT2D eigenvalue weighted by atomic mass is 31.2. The van der Waals surface area contributed by atoms with Crippen LogP contribution >= 0.6 is 7.82 Å². The number of carbonyl (C=O) groups is 3. The average Bonchev–Trinajstić information content (AvgIpc) is 2.90. The Kier molecular flexibility index (Phi) is 11.4. The fourth-order valence-electron chi connectivity index (χ4n) is 4.26. The molecular weight excluding hydrogens is 527 g/mol. The first-order valence-electron chi connectivity index (χ1n) is 12.7. The van der Waals surface area contributed by atoms with Crippen LogP contribution in [0.25, 0.3) is 0 Å². The summed E-state index contributed by atoms with van der Waals surface area (Å²) in [5, 5.41) is 0. The second-order valence-electron chi connectivity index (χ2n) is 9.42. The van der Waals surface area contributed by atoms with Crippen LogP contribution in [0.4, 0.5) is 0 Å². The summed E-state index contributed by atoms with van der Waals surface area (Å²) in [6, 6.07) is 18.1. The Balaban J connectivity index is 1.91. The molecule has 0 aromatic heterocycles. The van der Waals surface area contributed by atoms with Gasteiger partial charge < -0.3 is 19.0 Å². The third kappa shape index (κ3) is 9.67. The number of phosphoric acid groups is 1. The third-order valence-corrected chi connectivity index (χ3v) is 7.52. The largest absolute Gasteiger partial charge is 0.477 e. The number of esters is 2. The molecule has 0 radical (unpaired) electrons. The van der Waals surface area contributed by atoms with Gasteiger partial charge in [-0.05, 0) is 18.1 Å². The van der Waals surface area contributed by atoms with Crippen LogP contribution < -0.4 is 0 Å². The van der Waals surface area contributed by atoms with Gasteiger partial charge in [-0.15, -0.1) is 0 Å². The number of hydrogen-bond donors (Lipinski definition) is 0. The SMILES string of the molecule is CC(=O)CC1[C@H](OP(=O)(OCc2ccccc2)OCc2ccccc2)OC(COC(C)=O)[C@H](C)[C@@H]1OC(C)=O. The van der Waals surface area contributed by atoms with E-state index in [4.69, 9.17) is 27.8 Å². The van der Waals surface area contributed by atoms with E-state index in [2.05, 4.69) is 0 Å². The summed E-state index contributed by atoms with van der Waals surface area (Å²) in [7, 11) is -4.33. The first kappa shape index (κ1) is 30.7. The predicted octanol–water partition coefficient (Wildman–Crippen LogP) is 5.00. The lowest BCUT2D eigenvalue weighted by Crippen LogP contribution is -2.54. The molecule has 0 spiro atoms. The van der Waals surface area contributed by atoms with Crippen molar-refractivity contribution < 1.29 is 46.7 Å². The monoisotopic (exact) mass is 562 g/mol. The summed E-state index contributed by atoms with van der Waals surface area (Å²) in [5.74, 6) is -2.63. The van der Waals surface area contributed by atoms with Crippen LogP contribution in [0.1, 0.15) is 45.2 Å². The molecule has 1 aliphatic heterocycles. The molecule has 39 heavy (non-hydrogen) atoms. The molecule has 212 valence electrons. The molecule has 0 bridgehead atoms. The number of rotatable bonds is 13. The van der Waals surface area contributed by atoms with Crippen molar-refractivity contribution in [2.24, 2.45) is 11.8 Å². The van der Waals surface area contributed by atoms with E-state index >= 15 is 0 Å². The Hall–Kier alpha value is -2.88. The Morgan fingerprint density at radius 1 is 0.846 bits per heavy atom. The summed E-state index contributed by atoms with van der Waals surface area (Å²) in [6.45, 7) is 5.31. The fourth-order valence-corrected chi connectivity index (χ4v) is 5.53. The maximum absolute atomic E-state index is 14.0. The third-order valence-electron chi connectivity index (χ3n) is 6.16. The van der Waals surface area contributed by atoms with Crippen molar-refractivity contribution in [2.75, 3.05) is 6.61 Å². The minimum absolute atomic E-state index is 0.0857. The summed E-state index contributed by atoms with van der Waals surface area (Å²) in [6.07, 6.45) is -3.08. The van der Waals surface area contributed by atoms with Gasteiger partial charge in [0.25, 0.3) is 0 Å². The van der Waals surface area contributed by atoms with Gasteiger partial charge in [0, 0.05) is 26.2 Å². The molecule has 2 aromatic carbocycles. The minimum Gasteiger partial charge on any atom is -0.463 e. The summed E-state index contributed by atoms with van der Waals surface area (Å²) >= 11 is 0. The standard InChI is InChI=1S/C28H35O10P/c1-19(29)15-25-27(36-22(4)31)20(2)26(18-33-21(3)30)37-28(25)38-39(32,34-16-23-11-7-5-8-12-23)35-17-24-13-9-6-10-14-24/h5-14,20,25-28H,15-18H2,1-4H3/t20-,25?,26?,27-,28-/m0/s1. The number of ketones is 1. The second-order valence-corrected chi connectivity index (χ2v) is 11.0. The van der Waals surface area contributed by atoms with Crippen LogP contribution in [0.3, 0.4) is 0 Å². The summed E-state index contributed by atoms with van der Waals surface area (Å²) in [4.78, 5) is 35.7. The highest BCUT2D eigenvalue weighted by Crippen LogP contribution is 2.54. The maximum Gasteiger partial charge on any atom is 0.477 e. The number of ether oxygens (including phenoxy) is 3. The minimum atomic E-state index is -4.33. The molecule has 2 aromatic rings. The number of benzene rings is 2. The molecule has 0 aliphatic carbocycles. The van der Waals surface area contributed by atoms with E-state index in [1.165, 1.54) is 20.8 Å². The quantitative estimate of drug-likeness (QED) is 0.243. The zero-order valence-corrected chi connectivity index (χ0v) is 23.4. The van der Waals surface area contributed by atoms with E-state index in [0.717, 1.165) is 11.1 Å². The highest BCUT2D eigenvalue weighted by molar-refractivity contribution is 7.48. The molecular formula is C28H35O10P. The number of carbonyl (C=O) groups excluding carboxylic acids is 3. The number of Topliss-reactive ketones (excluding diaryl/α,β-unsaturated/α-hetero) is 1.